The van der Waals surface area contributed by atoms with Crippen LogP contribution in [0.15, 0.2) is 84.4 Å². The van der Waals surface area contributed by atoms with Crippen molar-refractivity contribution < 1.29 is 4.79 Å². The third-order valence-corrected chi connectivity index (χ3v) is 6.54. The SMILES string of the molecule is CC1CN(C(=O)c2ccccc2-c2cccs2)CN(c2nccc(-c3ccccc3)n2)C1. The average Bonchev–Trinajstić information content (AvgIpc) is 3.39. The first-order valence-electron chi connectivity index (χ1n) is 10.7. The van der Waals surface area contributed by atoms with Gasteiger partial charge in [-0.1, -0.05) is 61.5 Å². The first kappa shape index (κ1) is 20.4. The molecule has 5 rings (SSSR count). The fraction of sp³-hybridized carbons (Fsp3) is 0.192. The number of rotatable bonds is 4. The number of benzene rings is 2. The van der Waals surface area contributed by atoms with Crippen LogP contribution in [-0.2, 0) is 0 Å². The molecule has 0 spiro atoms. The molecule has 0 bridgehead atoms. The number of carbonyl (C=O) groups excluding carboxylic acids is 1. The Kier molecular flexibility index (Phi) is 5.69. The molecule has 1 unspecified atom stereocenters. The summed E-state index contributed by atoms with van der Waals surface area (Å²) in [4.78, 5) is 28.0. The normalized spacial score (nSPS) is 16.2. The molecule has 4 aromatic rings. The van der Waals surface area contributed by atoms with Crippen LogP contribution in [0, 0.1) is 5.92 Å². The second-order valence-corrected chi connectivity index (χ2v) is 9.08. The standard InChI is InChI=1S/C26H24N4OS/c1-19-16-29(25(31)22-11-6-5-10-21(22)24-12-7-15-32-24)18-30(17-19)26-27-14-13-23(28-26)20-8-3-2-4-9-20/h2-15,19H,16-18H2,1H3. The number of amides is 1. The molecular weight excluding hydrogens is 416 g/mol. The molecule has 160 valence electrons. The van der Waals surface area contributed by atoms with Gasteiger partial charge in [0.15, 0.2) is 0 Å². The Morgan fingerprint density at radius 3 is 2.59 bits per heavy atom. The van der Waals surface area contributed by atoms with Crippen molar-refractivity contribution in [2.75, 3.05) is 24.7 Å². The zero-order valence-corrected chi connectivity index (χ0v) is 18.7. The van der Waals surface area contributed by atoms with Crippen LogP contribution in [0.4, 0.5) is 5.95 Å². The van der Waals surface area contributed by atoms with Crippen molar-refractivity contribution in [3.8, 4) is 21.7 Å². The molecule has 0 aliphatic carbocycles. The van der Waals surface area contributed by atoms with Crippen molar-refractivity contribution in [2.45, 2.75) is 6.92 Å². The van der Waals surface area contributed by atoms with E-state index < -0.39 is 0 Å². The first-order valence-corrected chi connectivity index (χ1v) is 11.6. The van der Waals surface area contributed by atoms with Crippen molar-refractivity contribution >= 4 is 23.2 Å². The van der Waals surface area contributed by atoms with Crippen LogP contribution in [0.1, 0.15) is 17.3 Å². The third kappa shape index (κ3) is 4.14. The zero-order valence-electron chi connectivity index (χ0n) is 17.9. The number of carbonyl (C=O) groups is 1. The smallest absolute Gasteiger partial charge is 0.255 e. The van der Waals surface area contributed by atoms with Gasteiger partial charge in [0.05, 0.1) is 12.4 Å². The molecule has 2 aromatic heterocycles. The minimum atomic E-state index is 0.0461. The third-order valence-electron chi connectivity index (χ3n) is 5.63. The number of hydrogen-bond acceptors (Lipinski definition) is 5. The average molecular weight is 441 g/mol. The Morgan fingerprint density at radius 1 is 0.969 bits per heavy atom. The van der Waals surface area contributed by atoms with Gasteiger partial charge in [0.1, 0.15) is 0 Å². The summed E-state index contributed by atoms with van der Waals surface area (Å²) in [6.07, 6.45) is 1.79. The molecule has 2 aromatic carbocycles. The molecule has 1 aliphatic heterocycles. The van der Waals surface area contributed by atoms with Crippen LogP contribution in [0.3, 0.4) is 0 Å². The lowest BCUT2D eigenvalue weighted by molar-refractivity contribution is 0.0699. The molecule has 1 fully saturated rings. The molecule has 32 heavy (non-hydrogen) atoms. The zero-order chi connectivity index (χ0) is 21.9. The molecule has 0 radical (unpaired) electrons. The van der Waals surface area contributed by atoms with Crippen molar-refractivity contribution in [1.29, 1.82) is 0 Å². The number of aromatic nitrogens is 2. The Bertz CT molecular complexity index is 1210. The predicted molar refractivity (Wildman–Crippen MR) is 130 cm³/mol. The highest BCUT2D eigenvalue weighted by atomic mass is 32.1. The van der Waals surface area contributed by atoms with E-state index in [9.17, 15) is 4.79 Å². The number of hydrogen-bond donors (Lipinski definition) is 0. The van der Waals surface area contributed by atoms with E-state index in [1.54, 1.807) is 17.5 Å². The molecule has 3 heterocycles. The minimum Gasteiger partial charge on any atom is -0.323 e. The highest BCUT2D eigenvalue weighted by Gasteiger charge is 2.29. The Hall–Kier alpha value is -3.51. The van der Waals surface area contributed by atoms with Gasteiger partial charge < -0.3 is 9.80 Å². The van der Waals surface area contributed by atoms with Crippen LogP contribution in [0.5, 0.6) is 0 Å². The first-order chi connectivity index (χ1) is 15.7. The molecule has 6 heteroatoms. The second kappa shape index (κ2) is 8.93. The van der Waals surface area contributed by atoms with Crippen LogP contribution >= 0.6 is 11.3 Å². The summed E-state index contributed by atoms with van der Waals surface area (Å²) in [6, 6.07) is 24.0. The van der Waals surface area contributed by atoms with Gasteiger partial charge in [-0.05, 0) is 29.5 Å². The quantitative estimate of drug-likeness (QED) is 0.425. The summed E-state index contributed by atoms with van der Waals surface area (Å²) < 4.78 is 0. The maximum Gasteiger partial charge on any atom is 0.255 e. The fourth-order valence-corrected chi connectivity index (χ4v) is 4.95. The summed E-state index contributed by atoms with van der Waals surface area (Å²) in [5, 5.41) is 2.04. The van der Waals surface area contributed by atoms with Crippen LogP contribution in [-0.4, -0.2) is 40.5 Å². The molecule has 1 atom stereocenters. The predicted octanol–water partition coefficient (Wildman–Crippen LogP) is 5.43. The van der Waals surface area contributed by atoms with Crippen LogP contribution in [0.2, 0.25) is 0 Å². The van der Waals surface area contributed by atoms with Crippen LogP contribution in [0.25, 0.3) is 21.7 Å². The second-order valence-electron chi connectivity index (χ2n) is 8.13. The summed E-state index contributed by atoms with van der Waals surface area (Å²) >= 11 is 1.65. The maximum atomic E-state index is 13.6. The molecule has 0 N–H and O–H groups in total. The Labute approximate surface area is 192 Å². The number of thiophene rings is 1. The lowest BCUT2D eigenvalue weighted by atomic mass is 10.0. The highest BCUT2D eigenvalue weighted by molar-refractivity contribution is 7.13. The minimum absolute atomic E-state index is 0.0461. The van der Waals surface area contributed by atoms with E-state index in [2.05, 4.69) is 22.9 Å². The van der Waals surface area contributed by atoms with Gasteiger partial charge >= 0.3 is 0 Å². The summed E-state index contributed by atoms with van der Waals surface area (Å²) in [5.41, 5.74) is 3.66. The van der Waals surface area contributed by atoms with E-state index in [1.807, 2.05) is 77.0 Å². The largest absolute Gasteiger partial charge is 0.323 e. The van der Waals surface area contributed by atoms with Crippen molar-refractivity contribution in [1.82, 2.24) is 14.9 Å². The number of nitrogens with zero attached hydrogens (tertiary/aromatic N) is 4. The van der Waals surface area contributed by atoms with Gasteiger partial charge in [-0.15, -0.1) is 11.3 Å². The van der Waals surface area contributed by atoms with Gasteiger partial charge in [0.25, 0.3) is 5.91 Å². The van der Waals surface area contributed by atoms with Gasteiger partial charge in [0.2, 0.25) is 5.95 Å². The summed E-state index contributed by atoms with van der Waals surface area (Å²) in [7, 11) is 0. The lowest BCUT2D eigenvalue weighted by Gasteiger charge is -2.39. The Morgan fingerprint density at radius 2 is 1.78 bits per heavy atom. The van der Waals surface area contributed by atoms with E-state index in [0.717, 1.165) is 33.8 Å². The number of anilines is 1. The van der Waals surface area contributed by atoms with Crippen molar-refractivity contribution in [2.24, 2.45) is 5.92 Å². The van der Waals surface area contributed by atoms with Crippen LogP contribution < -0.4 is 4.90 Å². The summed E-state index contributed by atoms with van der Waals surface area (Å²) in [5.74, 6) is 1.01. The molecule has 1 aliphatic rings. The summed E-state index contributed by atoms with van der Waals surface area (Å²) in [6.45, 7) is 4.17. The van der Waals surface area contributed by atoms with E-state index in [-0.39, 0.29) is 5.91 Å². The van der Waals surface area contributed by atoms with Crippen molar-refractivity contribution in [3.63, 3.8) is 0 Å². The highest BCUT2D eigenvalue weighted by Crippen LogP contribution is 2.30. The van der Waals surface area contributed by atoms with Gasteiger partial charge in [-0.2, -0.15) is 0 Å². The van der Waals surface area contributed by atoms with E-state index in [1.165, 1.54) is 0 Å². The molecule has 1 amide bonds. The molecule has 5 nitrogen and oxygen atoms in total. The van der Waals surface area contributed by atoms with E-state index >= 15 is 0 Å². The molecule has 1 saturated heterocycles. The van der Waals surface area contributed by atoms with Crippen molar-refractivity contribution in [3.05, 3.63) is 89.9 Å². The fourth-order valence-electron chi connectivity index (χ4n) is 4.18. The Balaban J connectivity index is 1.42. The topological polar surface area (TPSA) is 49.3 Å². The van der Waals surface area contributed by atoms with Gasteiger partial charge in [0, 0.05) is 40.9 Å². The lowest BCUT2D eigenvalue weighted by Crippen LogP contribution is -2.51. The van der Waals surface area contributed by atoms with Gasteiger partial charge in [-0.25, -0.2) is 9.97 Å². The maximum absolute atomic E-state index is 13.6. The molecular formula is C26H24N4OS. The van der Waals surface area contributed by atoms with Gasteiger partial charge in [-0.3, -0.25) is 4.79 Å². The molecule has 0 saturated carbocycles. The van der Waals surface area contributed by atoms with E-state index in [0.29, 0.717) is 25.1 Å². The monoisotopic (exact) mass is 440 g/mol. The van der Waals surface area contributed by atoms with E-state index in [4.69, 9.17) is 4.98 Å².